The van der Waals surface area contributed by atoms with Crippen molar-refractivity contribution in [3.05, 3.63) is 77.4 Å². The molecule has 2 nitrogen and oxygen atoms in total. The minimum atomic E-state index is 0.472. The summed E-state index contributed by atoms with van der Waals surface area (Å²) in [6.45, 7) is 0. The van der Waals surface area contributed by atoms with Crippen LogP contribution in [0.1, 0.15) is 5.56 Å². The first-order valence-electron chi connectivity index (χ1n) is 6.58. The molecule has 0 saturated carbocycles. The average molecular weight is 313 g/mol. The molecule has 0 saturated heterocycles. The number of hydrogen-bond acceptors (Lipinski definition) is 3. The number of aromatic nitrogens is 2. The molecular formula is C17H13ClN2S. The highest BCUT2D eigenvalue weighted by molar-refractivity contribution is 7.98. The van der Waals surface area contributed by atoms with Crippen molar-refractivity contribution < 1.29 is 0 Å². The second-order valence-electron chi connectivity index (χ2n) is 4.49. The lowest BCUT2D eigenvalue weighted by Crippen LogP contribution is -1.92. The van der Waals surface area contributed by atoms with Crippen molar-refractivity contribution in [1.82, 2.24) is 9.97 Å². The van der Waals surface area contributed by atoms with Crippen molar-refractivity contribution in [3.8, 4) is 11.4 Å². The Hall–Kier alpha value is -1.84. The van der Waals surface area contributed by atoms with Gasteiger partial charge in [0.2, 0.25) is 0 Å². The molecule has 4 heteroatoms. The van der Waals surface area contributed by atoms with Gasteiger partial charge < -0.3 is 0 Å². The maximum atomic E-state index is 6.12. The second-order valence-corrected chi connectivity index (χ2v) is 5.88. The summed E-state index contributed by atoms with van der Waals surface area (Å²) < 4.78 is 0. The van der Waals surface area contributed by atoms with Crippen molar-refractivity contribution in [1.29, 1.82) is 0 Å². The molecule has 104 valence electrons. The zero-order chi connectivity index (χ0) is 14.5. The molecule has 3 rings (SSSR count). The summed E-state index contributed by atoms with van der Waals surface area (Å²) in [6.07, 6.45) is 0. The van der Waals surface area contributed by atoms with Crippen LogP contribution in [0.2, 0.25) is 5.15 Å². The fourth-order valence-electron chi connectivity index (χ4n) is 1.92. The van der Waals surface area contributed by atoms with E-state index in [9.17, 15) is 0 Å². The van der Waals surface area contributed by atoms with Crippen molar-refractivity contribution >= 4 is 23.4 Å². The van der Waals surface area contributed by atoms with Crippen LogP contribution in [0.4, 0.5) is 0 Å². The highest BCUT2D eigenvalue weighted by atomic mass is 35.5. The Morgan fingerprint density at radius 3 is 2.24 bits per heavy atom. The molecule has 0 spiro atoms. The highest BCUT2D eigenvalue weighted by Crippen LogP contribution is 2.26. The van der Waals surface area contributed by atoms with E-state index in [2.05, 4.69) is 22.1 Å². The fourth-order valence-corrected chi connectivity index (χ4v) is 3.02. The third-order valence-corrected chi connectivity index (χ3v) is 4.11. The molecule has 2 aromatic carbocycles. The fraction of sp³-hybridized carbons (Fsp3) is 0.0588. The normalized spacial score (nSPS) is 10.5. The molecule has 0 N–H and O–H groups in total. The van der Waals surface area contributed by atoms with E-state index in [1.54, 1.807) is 11.8 Å². The summed E-state index contributed by atoms with van der Waals surface area (Å²) >= 11 is 7.78. The van der Waals surface area contributed by atoms with Gasteiger partial charge in [0, 0.05) is 17.4 Å². The smallest absolute Gasteiger partial charge is 0.162 e. The lowest BCUT2D eigenvalue weighted by Gasteiger charge is -2.05. The van der Waals surface area contributed by atoms with Gasteiger partial charge in [0.05, 0.1) is 0 Å². The van der Waals surface area contributed by atoms with Crippen LogP contribution in [0.25, 0.3) is 11.4 Å². The molecule has 0 unspecified atom stereocenters. The summed E-state index contributed by atoms with van der Waals surface area (Å²) in [7, 11) is 0. The molecule has 0 amide bonds. The Morgan fingerprint density at radius 2 is 1.52 bits per heavy atom. The van der Waals surface area contributed by atoms with E-state index >= 15 is 0 Å². The van der Waals surface area contributed by atoms with Crippen LogP contribution in [0.3, 0.4) is 0 Å². The van der Waals surface area contributed by atoms with Gasteiger partial charge in [-0.25, -0.2) is 9.97 Å². The average Bonchev–Trinajstić information content (AvgIpc) is 2.54. The Morgan fingerprint density at radius 1 is 0.857 bits per heavy atom. The maximum Gasteiger partial charge on any atom is 0.162 e. The van der Waals surface area contributed by atoms with E-state index in [0.717, 1.165) is 16.3 Å². The standard InChI is InChI=1S/C17H13ClN2S/c18-15-11-16(21-12-13-7-3-1-4-8-13)20-17(19-15)14-9-5-2-6-10-14/h1-11H,12H2. The van der Waals surface area contributed by atoms with Gasteiger partial charge in [0.1, 0.15) is 10.2 Å². The van der Waals surface area contributed by atoms with E-state index < -0.39 is 0 Å². The van der Waals surface area contributed by atoms with Crippen molar-refractivity contribution in [3.63, 3.8) is 0 Å². The molecule has 1 aromatic heterocycles. The van der Waals surface area contributed by atoms with Crippen LogP contribution >= 0.6 is 23.4 Å². The predicted molar refractivity (Wildman–Crippen MR) is 88.5 cm³/mol. The number of benzene rings is 2. The predicted octanol–water partition coefficient (Wildman–Crippen LogP) is 5.09. The van der Waals surface area contributed by atoms with Crippen LogP contribution < -0.4 is 0 Å². The van der Waals surface area contributed by atoms with Crippen LogP contribution in [0.5, 0.6) is 0 Å². The Bertz CT molecular complexity index is 717. The number of halogens is 1. The minimum absolute atomic E-state index is 0.472. The Labute approximate surface area is 133 Å². The van der Waals surface area contributed by atoms with Crippen LogP contribution in [-0.4, -0.2) is 9.97 Å². The van der Waals surface area contributed by atoms with Crippen LogP contribution in [0.15, 0.2) is 71.8 Å². The lowest BCUT2D eigenvalue weighted by molar-refractivity contribution is 1.06. The SMILES string of the molecule is Clc1cc(SCc2ccccc2)nc(-c2ccccc2)n1. The summed E-state index contributed by atoms with van der Waals surface area (Å²) in [4.78, 5) is 8.89. The summed E-state index contributed by atoms with van der Waals surface area (Å²) in [5.74, 6) is 1.53. The van der Waals surface area contributed by atoms with Gasteiger partial charge >= 0.3 is 0 Å². The largest absolute Gasteiger partial charge is 0.222 e. The molecule has 21 heavy (non-hydrogen) atoms. The third-order valence-electron chi connectivity index (χ3n) is 2.93. The first-order chi connectivity index (χ1) is 10.3. The molecule has 0 bridgehead atoms. The number of rotatable bonds is 4. The third kappa shape index (κ3) is 3.84. The summed E-state index contributed by atoms with van der Waals surface area (Å²) in [6, 6.07) is 22.0. The molecule has 0 radical (unpaired) electrons. The monoisotopic (exact) mass is 312 g/mol. The van der Waals surface area contributed by atoms with Gasteiger partial charge in [-0.3, -0.25) is 0 Å². The molecule has 0 fully saturated rings. The van der Waals surface area contributed by atoms with Crippen LogP contribution in [0, 0.1) is 0 Å². The van der Waals surface area contributed by atoms with Crippen molar-refractivity contribution in [2.75, 3.05) is 0 Å². The van der Waals surface area contributed by atoms with E-state index in [1.165, 1.54) is 5.56 Å². The van der Waals surface area contributed by atoms with Gasteiger partial charge in [-0.05, 0) is 5.56 Å². The van der Waals surface area contributed by atoms with E-state index in [0.29, 0.717) is 11.0 Å². The number of nitrogens with zero attached hydrogens (tertiary/aromatic N) is 2. The van der Waals surface area contributed by atoms with E-state index in [-0.39, 0.29) is 0 Å². The van der Waals surface area contributed by atoms with E-state index in [4.69, 9.17) is 11.6 Å². The van der Waals surface area contributed by atoms with Crippen molar-refractivity contribution in [2.45, 2.75) is 10.8 Å². The van der Waals surface area contributed by atoms with Crippen molar-refractivity contribution in [2.24, 2.45) is 0 Å². The van der Waals surface area contributed by atoms with Gasteiger partial charge in [-0.2, -0.15) is 0 Å². The molecule has 3 aromatic rings. The number of hydrogen-bond donors (Lipinski definition) is 0. The Balaban J connectivity index is 1.82. The van der Waals surface area contributed by atoms with Gasteiger partial charge in [0.25, 0.3) is 0 Å². The second kappa shape index (κ2) is 6.74. The molecule has 0 aliphatic rings. The first kappa shape index (κ1) is 14.1. The topological polar surface area (TPSA) is 25.8 Å². The van der Waals surface area contributed by atoms with E-state index in [1.807, 2.05) is 54.6 Å². The molecule has 0 aliphatic carbocycles. The molecule has 0 aliphatic heterocycles. The zero-order valence-corrected chi connectivity index (χ0v) is 12.8. The summed E-state index contributed by atoms with van der Waals surface area (Å²) in [5.41, 5.74) is 2.24. The molecular weight excluding hydrogens is 300 g/mol. The van der Waals surface area contributed by atoms with Gasteiger partial charge in [-0.15, -0.1) is 11.8 Å². The highest BCUT2D eigenvalue weighted by Gasteiger charge is 2.06. The zero-order valence-electron chi connectivity index (χ0n) is 11.2. The molecule has 1 heterocycles. The van der Waals surface area contributed by atoms with Gasteiger partial charge in [0.15, 0.2) is 5.82 Å². The first-order valence-corrected chi connectivity index (χ1v) is 7.94. The maximum absolute atomic E-state index is 6.12. The number of thioether (sulfide) groups is 1. The quantitative estimate of drug-likeness (QED) is 0.496. The van der Waals surface area contributed by atoms with Crippen LogP contribution in [-0.2, 0) is 5.75 Å². The Kier molecular flexibility index (Phi) is 4.53. The summed E-state index contributed by atoms with van der Waals surface area (Å²) in [5, 5.41) is 1.36. The minimum Gasteiger partial charge on any atom is -0.222 e. The lowest BCUT2D eigenvalue weighted by atomic mass is 10.2. The van der Waals surface area contributed by atoms with Gasteiger partial charge in [-0.1, -0.05) is 72.3 Å². The molecule has 0 atom stereocenters.